The fourth-order valence-corrected chi connectivity index (χ4v) is 2.88. The maximum Gasteiger partial charge on any atom is 0.122 e. The van der Waals surface area contributed by atoms with Crippen LogP contribution in [0.3, 0.4) is 0 Å². The lowest BCUT2D eigenvalue weighted by Gasteiger charge is -2.23. The van der Waals surface area contributed by atoms with Crippen LogP contribution in [0, 0.1) is 5.92 Å². The van der Waals surface area contributed by atoms with Gasteiger partial charge in [-0.15, -0.1) is 0 Å². The molecule has 1 N–H and O–H groups in total. The smallest absolute Gasteiger partial charge is 0.122 e. The van der Waals surface area contributed by atoms with Crippen LogP contribution in [-0.4, -0.2) is 24.5 Å². The van der Waals surface area contributed by atoms with E-state index < -0.39 is 0 Å². The molecule has 1 saturated carbocycles. The fourth-order valence-electron chi connectivity index (χ4n) is 2.88. The van der Waals surface area contributed by atoms with Crippen LogP contribution in [0.4, 0.5) is 0 Å². The summed E-state index contributed by atoms with van der Waals surface area (Å²) in [6.07, 6.45) is 7.32. The van der Waals surface area contributed by atoms with Crippen molar-refractivity contribution in [3.05, 3.63) is 23.7 Å². The molecule has 1 heterocycles. The van der Waals surface area contributed by atoms with E-state index in [2.05, 4.69) is 37.2 Å². The molecule has 0 radical (unpaired) electrons. The van der Waals surface area contributed by atoms with Gasteiger partial charge in [0.1, 0.15) is 5.76 Å². The molecule has 1 aromatic rings. The van der Waals surface area contributed by atoms with E-state index >= 15 is 0 Å². The zero-order chi connectivity index (χ0) is 13.7. The molecule has 1 aromatic heterocycles. The fraction of sp³-hybridized carbons (Fsp3) is 0.750. The van der Waals surface area contributed by atoms with Gasteiger partial charge in [-0.3, -0.25) is 4.90 Å². The number of hydrogen-bond acceptors (Lipinski definition) is 3. The van der Waals surface area contributed by atoms with Crippen LogP contribution >= 0.6 is 0 Å². The van der Waals surface area contributed by atoms with Crippen molar-refractivity contribution in [2.24, 2.45) is 5.92 Å². The minimum Gasteiger partial charge on any atom is -0.468 e. The highest BCUT2D eigenvalue weighted by atomic mass is 16.3. The standard InChI is InChI=1S/C16H28N2O/c1-13(2)10-17-11-16-14(8-9-19-16)12-18(3)15-6-4-5-7-15/h8-9,13,15,17H,4-7,10-12H2,1-3H3. The lowest BCUT2D eigenvalue weighted by Crippen LogP contribution is -2.29. The molecule has 19 heavy (non-hydrogen) atoms. The second-order valence-electron chi connectivity index (χ2n) is 6.25. The Morgan fingerprint density at radius 3 is 2.79 bits per heavy atom. The first-order chi connectivity index (χ1) is 9.16. The third-order valence-electron chi connectivity index (χ3n) is 4.04. The summed E-state index contributed by atoms with van der Waals surface area (Å²) in [5, 5.41) is 3.46. The van der Waals surface area contributed by atoms with Crippen LogP contribution in [-0.2, 0) is 13.1 Å². The molecule has 2 rings (SSSR count). The van der Waals surface area contributed by atoms with Crippen molar-refractivity contribution in [2.45, 2.75) is 58.7 Å². The van der Waals surface area contributed by atoms with Crippen molar-refractivity contribution in [1.29, 1.82) is 0 Å². The Labute approximate surface area is 117 Å². The summed E-state index contributed by atoms with van der Waals surface area (Å²) >= 11 is 0. The molecule has 3 heteroatoms. The summed E-state index contributed by atoms with van der Waals surface area (Å²) in [5.41, 5.74) is 1.34. The van der Waals surface area contributed by atoms with Gasteiger partial charge >= 0.3 is 0 Å². The van der Waals surface area contributed by atoms with Gasteiger partial charge in [0.25, 0.3) is 0 Å². The van der Waals surface area contributed by atoms with E-state index in [-0.39, 0.29) is 0 Å². The third-order valence-corrected chi connectivity index (χ3v) is 4.04. The van der Waals surface area contributed by atoms with E-state index in [0.717, 1.165) is 31.4 Å². The molecule has 0 unspecified atom stereocenters. The third kappa shape index (κ3) is 4.36. The molecule has 0 atom stereocenters. The number of nitrogens with zero attached hydrogens (tertiary/aromatic N) is 1. The van der Waals surface area contributed by atoms with Gasteiger partial charge in [0, 0.05) is 18.2 Å². The quantitative estimate of drug-likeness (QED) is 0.818. The predicted molar refractivity (Wildman–Crippen MR) is 79.0 cm³/mol. The van der Waals surface area contributed by atoms with Crippen molar-refractivity contribution in [3.8, 4) is 0 Å². The van der Waals surface area contributed by atoms with Gasteiger partial charge < -0.3 is 9.73 Å². The molecular weight excluding hydrogens is 236 g/mol. The Hall–Kier alpha value is -0.800. The molecular formula is C16H28N2O. The van der Waals surface area contributed by atoms with Crippen LogP contribution < -0.4 is 5.32 Å². The molecule has 3 nitrogen and oxygen atoms in total. The summed E-state index contributed by atoms with van der Waals surface area (Å²) in [6, 6.07) is 2.89. The first-order valence-electron chi connectivity index (χ1n) is 7.63. The highest BCUT2D eigenvalue weighted by Crippen LogP contribution is 2.24. The molecule has 108 valence electrons. The number of nitrogens with one attached hydrogen (secondary N) is 1. The van der Waals surface area contributed by atoms with Gasteiger partial charge in [-0.2, -0.15) is 0 Å². The van der Waals surface area contributed by atoms with E-state index in [1.54, 1.807) is 0 Å². The summed E-state index contributed by atoms with van der Waals surface area (Å²) < 4.78 is 5.62. The Morgan fingerprint density at radius 1 is 1.37 bits per heavy atom. The zero-order valence-corrected chi connectivity index (χ0v) is 12.6. The normalized spacial score (nSPS) is 16.9. The maximum absolute atomic E-state index is 5.62. The summed E-state index contributed by atoms with van der Waals surface area (Å²) in [6.45, 7) is 7.35. The molecule has 1 aliphatic rings. The minimum absolute atomic E-state index is 0.680. The van der Waals surface area contributed by atoms with Crippen LogP contribution in [0.15, 0.2) is 16.7 Å². The zero-order valence-electron chi connectivity index (χ0n) is 12.6. The average Bonchev–Trinajstić information content (AvgIpc) is 3.00. The molecule has 0 aromatic carbocycles. The predicted octanol–water partition coefficient (Wildman–Crippen LogP) is 3.40. The van der Waals surface area contributed by atoms with E-state index in [1.807, 2.05) is 6.26 Å². The van der Waals surface area contributed by atoms with E-state index in [9.17, 15) is 0 Å². The Bertz CT molecular complexity index is 367. The van der Waals surface area contributed by atoms with Gasteiger partial charge in [-0.05, 0) is 38.4 Å². The lowest BCUT2D eigenvalue weighted by atomic mass is 10.1. The van der Waals surface area contributed by atoms with Gasteiger partial charge in [-0.1, -0.05) is 26.7 Å². The molecule has 1 fully saturated rings. The molecule has 1 aliphatic carbocycles. The monoisotopic (exact) mass is 264 g/mol. The largest absolute Gasteiger partial charge is 0.468 e. The topological polar surface area (TPSA) is 28.4 Å². The first-order valence-corrected chi connectivity index (χ1v) is 7.63. The molecule has 0 saturated heterocycles. The van der Waals surface area contributed by atoms with Crippen molar-refractivity contribution in [2.75, 3.05) is 13.6 Å². The van der Waals surface area contributed by atoms with Crippen LogP contribution in [0.2, 0.25) is 0 Å². The Balaban J connectivity index is 1.84. The lowest BCUT2D eigenvalue weighted by molar-refractivity contribution is 0.235. The summed E-state index contributed by atoms with van der Waals surface area (Å²) in [4.78, 5) is 2.49. The van der Waals surface area contributed by atoms with Crippen LogP contribution in [0.5, 0.6) is 0 Å². The SMILES string of the molecule is CC(C)CNCc1occc1CN(C)C1CCCC1. The Morgan fingerprint density at radius 2 is 2.11 bits per heavy atom. The molecule has 0 bridgehead atoms. The van der Waals surface area contributed by atoms with Gasteiger partial charge in [0.05, 0.1) is 12.8 Å². The van der Waals surface area contributed by atoms with Gasteiger partial charge in [0.15, 0.2) is 0 Å². The van der Waals surface area contributed by atoms with Crippen LogP contribution in [0.1, 0.15) is 50.9 Å². The Kier molecular flexibility index (Phi) is 5.46. The summed E-state index contributed by atoms with van der Waals surface area (Å²) in [7, 11) is 2.24. The second-order valence-corrected chi connectivity index (χ2v) is 6.25. The summed E-state index contributed by atoms with van der Waals surface area (Å²) in [5.74, 6) is 1.78. The average molecular weight is 264 g/mol. The van der Waals surface area contributed by atoms with Crippen molar-refractivity contribution >= 4 is 0 Å². The minimum atomic E-state index is 0.680. The van der Waals surface area contributed by atoms with Crippen molar-refractivity contribution in [1.82, 2.24) is 10.2 Å². The van der Waals surface area contributed by atoms with Gasteiger partial charge in [0.2, 0.25) is 0 Å². The number of furan rings is 1. The highest BCUT2D eigenvalue weighted by molar-refractivity contribution is 5.17. The van der Waals surface area contributed by atoms with E-state index in [1.165, 1.54) is 31.2 Å². The molecule has 0 amide bonds. The first kappa shape index (κ1) is 14.6. The molecule has 0 spiro atoms. The van der Waals surface area contributed by atoms with Crippen LogP contribution in [0.25, 0.3) is 0 Å². The highest BCUT2D eigenvalue weighted by Gasteiger charge is 2.20. The van der Waals surface area contributed by atoms with Gasteiger partial charge in [-0.25, -0.2) is 0 Å². The maximum atomic E-state index is 5.62. The second kappa shape index (κ2) is 7.11. The molecule has 0 aliphatic heterocycles. The van der Waals surface area contributed by atoms with Crippen molar-refractivity contribution < 1.29 is 4.42 Å². The number of rotatable bonds is 7. The van der Waals surface area contributed by atoms with E-state index in [0.29, 0.717) is 5.92 Å². The number of hydrogen-bond donors (Lipinski definition) is 1. The van der Waals surface area contributed by atoms with Crippen molar-refractivity contribution in [3.63, 3.8) is 0 Å². The van der Waals surface area contributed by atoms with E-state index in [4.69, 9.17) is 4.42 Å².